The molecule has 0 fully saturated rings. The molecule has 26 heavy (non-hydrogen) atoms. The summed E-state index contributed by atoms with van der Waals surface area (Å²) in [4.78, 5) is 26.1. The van der Waals surface area contributed by atoms with Crippen LogP contribution in [0, 0.1) is 0 Å². The summed E-state index contributed by atoms with van der Waals surface area (Å²) in [6, 6.07) is 6.58. The first-order valence-electron chi connectivity index (χ1n) is 7.20. The van der Waals surface area contributed by atoms with Gasteiger partial charge < -0.3 is 4.74 Å². The largest absolute Gasteiger partial charge is 0.462 e. The van der Waals surface area contributed by atoms with Crippen LogP contribution in [0.25, 0.3) is 6.08 Å². The SMILES string of the molecule is CCOC(=O)c1sc(NC(=O)/C=C/c2ccc(Cl)cc2)nc1C(F)(F)F. The number of rotatable bonds is 5. The van der Waals surface area contributed by atoms with Gasteiger partial charge in [-0.2, -0.15) is 13.2 Å². The van der Waals surface area contributed by atoms with Crippen molar-refractivity contribution in [2.24, 2.45) is 0 Å². The molecule has 1 amide bonds. The van der Waals surface area contributed by atoms with Crippen molar-refractivity contribution >= 4 is 46.0 Å². The molecule has 0 aliphatic rings. The van der Waals surface area contributed by atoms with Gasteiger partial charge in [0, 0.05) is 11.1 Å². The third-order valence-corrected chi connectivity index (χ3v) is 4.09. The summed E-state index contributed by atoms with van der Waals surface area (Å²) in [6.07, 6.45) is -2.27. The minimum absolute atomic E-state index is 0.0838. The zero-order valence-corrected chi connectivity index (χ0v) is 14.8. The Morgan fingerprint density at radius 3 is 2.54 bits per heavy atom. The van der Waals surface area contributed by atoms with Crippen molar-refractivity contribution in [2.75, 3.05) is 11.9 Å². The molecule has 5 nitrogen and oxygen atoms in total. The zero-order valence-electron chi connectivity index (χ0n) is 13.3. The average molecular weight is 405 g/mol. The Morgan fingerprint density at radius 2 is 1.96 bits per heavy atom. The number of anilines is 1. The van der Waals surface area contributed by atoms with Gasteiger partial charge in [0.1, 0.15) is 4.88 Å². The summed E-state index contributed by atoms with van der Waals surface area (Å²) in [5.41, 5.74) is -0.718. The van der Waals surface area contributed by atoms with E-state index >= 15 is 0 Å². The topological polar surface area (TPSA) is 68.3 Å². The van der Waals surface area contributed by atoms with Crippen molar-refractivity contribution in [3.05, 3.63) is 51.5 Å². The molecule has 10 heteroatoms. The quantitative estimate of drug-likeness (QED) is 0.582. The number of aromatic nitrogens is 1. The molecule has 1 aromatic heterocycles. The summed E-state index contributed by atoms with van der Waals surface area (Å²) in [5, 5.41) is 2.37. The molecular formula is C16H12ClF3N2O3S. The van der Waals surface area contributed by atoms with Crippen LogP contribution >= 0.6 is 22.9 Å². The molecule has 0 atom stereocenters. The van der Waals surface area contributed by atoms with E-state index in [-0.39, 0.29) is 11.7 Å². The van der Waals surface area contributed by atoms with E-state index in [0.29, 0.717) is 21.9 Å². The molecule has 0 saturated carbocycles. The normalized spacial score (nSPS) is 11.6. The fraction of sp³-hybridized carbons (Fsp3) is 0.188. The molecule has 2 rings (SSSR count). The summed E-state index contributed by atoms with van der Waals surface area (Å²) in [7, 11) is 0. The van der Waals surface area contributed by atoms with Crippen LogP contribution < -0.4 is 5.32 Å². The van der Waals surface area contributed by atoms with Gasteiger partial charge in [-0.15, -0.1) is 0 Å². The highest BCUT2D eigenvalue weighted by molar-refractivity contribution is 7.17. The predicted molar refractivity (Wildman–Crippen MR) is 92.2 cm³/mol. The van der Waals surface area contributed by atoms with Crippen molar-refractivity contribution in [1.82, 2.24) is 4.98 Å². The molecular weight excluding hydrogens is 393 g/mol. The van der Waals surface area contributed by atoms with Crippen LogP contribution in [0.4, 0.5) is 18.3 Å². The number of nitrogens with zero attached hydrogens (tertiary/aromatic N) is 1. The molecule has 0 aliphatic heterocycles. The van der Waals surface area contributed by atoms with Crippen LogP contribution in [-0.2, 0) is 15.7 Å². The molecule has 1 heterocycles. The lowest BCUT2D eigenvalue weighted by atomic mass is 10.2. The monoisotopic (exact) mass is 404 g/mol. The van der Waals surface area contributed by atoms with Crippen LogP contribution in [0.15, 0.2) is 30.3 Å². The number of carbonyl (C=O) groups is 2. The molecule has 1 aromatic carbocycles. The molecule has 1 N–H and O–H groups in total. The van der Waals surface area contributed by atoms with Crippen molar-refractivity contribution < 1.29 is 27.5 Å². The van der Waals surface area contributed by atoms with E-state index < -0.39 is 28.6 Å². The van der Waals surface area contributed by atoms with Crippen LogP contribution in [0.5, 0.6) is 0 Å². The number of halogens is 4. The minimum atomic E-state index is -4.85. The maximum atomic E-state index is 13.0. The van der Waals surface area contributed by atoms with Gasteiger partial charge in [-0.05, 0) is 30.7 Å². The standard InChI is InChI=1S/C16H12ClF3N2O3S/c1-2-25-14(24)12-13(16(18,19)20)22-15(26-12)21-11(23)8-5-9-3-6-10(17)7-4-9/h3-8H,2H2,1H3,(H,21,22,23)/b8-5+. The third-order valence-electron chi connectivity index (χ3n) is 2.88. The fourth-order valence-electron chi connectivity index (χ4n) is 1.79. The van der Waals surface area contributed by atoms with E-state index in [4.69, 9.17) is 11.6 Å². The highest BCUT2D eigenvalue weighted by Crippen LogP contribution is 2.36. The first-order valence-corrected chi connectivity index (χ1v) is 8.40. The van der Waals surface area contributed by atoms with Gasteiger partial charge in [-0.25, -0.2) is 9.78 Å². The Hall–Kier alpha value is -2.39. The highest BCUT2D eigenvalue weighted by Gasteiger charge is 2.40. The second kappa shape index (κ2) is 8.33. The van der Waals surface area contributed by atoms with Crippen molar-refractivity contribution in [1.29, 1.82) is 0 Å². The average Bonchev–Trinajstić information content (AvgIpc) is 2.99. The lowest BCUT2D eigenvalue weighted by molar-refractivity contribution is -0.141. The van der Waals surface area contributed by atoms with Gasteiger partial charge >= 0.3 is 12.1 Å². The molecule has 0 saturated heterocycles. The Kier molecular flexibility index (Phi) is 6.38. The zero-order chi connectivity index (χ0) is 19.3. The van der Waals surface area contributed by atoms with Crippen molar-refractivity contribution in [3.63, 3.8) is 0 Å². The Bertz CT molecular complexity index is 832. The van der Waals surface area contributed by atoms with Crippen LogP contribution in [0.2, 0.25) is 5.02 Å². The van der Waals surface area contributed by atoms with Gasteiger partial charge in [0.05, 0.1) is 6.61 Å². The highest BCUT2D eigenvalue weighted by atomic mass is 35.5. The smallest absolute Gasteiger partial charge is 0.435 e. The van der Waals surface area contributed by atoms with Gasteiger partial charge in [-0.1, -0.05) is 35.1 Å². The van der Waals surface area contributed by atoms with Crippen molar-refractivity contribution in [2.45, 2.75) is 13.1 Å². The van der Waals surface area contributed by atoms with Crippen LogP contribution in [0.3, 0.4) is 0 Å². The van der Waals surface area contributed by atoms with E-state index in [1.807, 2.05) is 0 Å². The Labute approximate surface area is 155 Å². The number of nitrogens with one attached hydrogen (secondary N) is 1. The second-order valence-corrected chi connectivity index (χ2v) is 6.22. The third kappa shape index (κ3) is 5.30. The number of amides is 1. The van der Waals surface area contributed by atoms with Gasteiger partial charge in [-0.3, -0.25) is 10.1 Å². The first-order chi connectivity index (χ1) is 12.2. The minimum Gasteiger partial charge on any atom is -0.462 e. The number of hydrogen-bond donors (Lipinski definition) is 1. The first kappa shape index (κ1) is 19.9. The van der Waals surface area contributed by atoms with Gasteiger partial charge in [0.15, 0.2) is 10.8 Å². The van der Waals surface area contributed by atoms with Crippen molar-refractivity contribution in [3.8, 4) is 0 Å². The summed E-state index contributed by atoms with van der Waals surface area (Å²) in [5.74, 6) is -1.84. The lowest BCUT2D eigenvalue weighted by Gasteiger charge is -2.04. The van der Waals surface area contributed by atoms with Gasteiger partial charge in [0.25, 0.3) is 0 Å². The van der Waals surface area contributed by atoms with Crippen LogP contribution in [-0.4, -0.2) is 23.5 Å². The molecule has 2 aromatic rings. The number of benzene rings is 1. The van der Waals surface area contributed by atoms with E-state index in [1.165, 1.54) is 13.0 Å². The number of hydrogen-bond acceptors (Lipinski definition) is 5. The number of carbonyl (C=O) groups excluding carboxylic acids is 2. The fourth-order valence-corrected chi connectivity index (χ4v) is 2.80. The summed E-state index contributed by atoms with van der Waals surface area (Å²) in [6.45, 7) is 1.38. The molecule has 0 unspecified atom stereocenters. The number of thiazole rings is 1. The van der Waals surface area contributed by atoms with E-state index in [2.05, 4.69) is 15.0 Å². The maximum absolute atomic E-state index is 13.0. The molecule has 0 bridgehead atoms. The molecule has 0 aliphatic carbocycles. The molecule has 0 spiro atoms. The number of alkyl halides is 3. The molecule has 0 radical (unpaired) electrons. The molecule has 138 valence electrons. The van der Waals surface area contributed by atoms with E-state index in [9.17, 15) is 22.8 Å². The number of ether oxygens (including phenoxy) is 1. The predicted octanol–water partition coefficient (Wildman–Crippen LogP) is 4.64. The van der Waals surface area contributed by atoms with E-state index in [0.717, 1.165) is 6.08 Å². The number of esters is 1. The summed E-state index contributed by atoms with van der Waals surface area (Å²) < 4.78 is 43.6. The van der Waals surface area contributed by atoms with E-state index in [1.54, 1.807) is 24.3 Å². The lowest BCUT2D eigenvalue weighted by Crippen LogP contribution is -2.14. The second-order valence-electron chi connectivity index (χ2n) is 4.79. The van der Waals surface area contributed by atoms with Crippen LogP contribution in [0.1, 0.15) is 27.9 Å². The van der Waals surface area contributed by atoms with Gasteiger partial charge in [0.2, 0.25) is 5.91 Å². The summed E-state index contributed by atoms with van der Waals surface area (Å²) >= 11 is 6.14. The Morgan fingerprint density at radius 1 is 1.31 bits per heavy atom. The Balaban J connectivity index is 2.16. The maximum Gasteiger partial charge on any atom is 0.435 e.